The maximum absolute atomic E-state index is 12.9. The summed E-state index contributed by atoms with van der Waals surface area (Å²) < 4.78 is 27.3. The molecule has 0 aliphatic carbocycles. The molecule has 1 aromatic rings. The second-order valence-corrected chi connectivity index (χ2v) is 8.17. The number of hydrogen-bond donors (Lipinski definition) is 1. The van der Waals surface area contributed by atoms with Gasteiger partial charge in [0.25, 0.3) is 0 Å². The Bertz CT molecular complexity index is 688. The highest BCUT2D eigenvalue weighted by atomic mass is 32.2. The van der Waals surface area contributed by atoms with E-state index in [1.807, 2.05) is 31.7 Å². The smallest absolute Gasteiger partial charge is 0.243 e. The van der Waals surface area contributed by atoms with Gasteiger partial charge in [-0.15, -0.1) is 0 Å². The molecule has 1 fully saturated rings. The molecule has 1 saturated heterocycles. The molecule has 1 N–H and O–H groups in total. The average Bonchev–Trinajstić information content (AvgIpc) is 2.76. The van der Waals surface area contributed by atoms with Crippen LogP contribution in [0.3, 0.4) is 0 Å². The number of amides is 1. The van der Waals surface area contributed by atoms with Crippen molar-refractivity contribution >= 4 is 15.9 Å². The predicted octanol–water partition coefficient (Wildman–Crippen LogP) is 1.14. The first kappa shape index (κ1) is 18.9. The largest absolute Gasteiger partial charge is 0.355 e. The number of carbonyl (C=O) groups excluding carboxylic acids is 1. The van der Waals surface area contributed by atoms with Crippen LogP contribution in [-0.2, 0) is 14.8 Å². The zero-order chi connectivity index (χ0) is 17.7. The van der Waals surface area contributed by atoms with Crippen molar-refractivity contribution in [3.05, 3.63) is 29.3 Å². The van der Waals surface area contributed by atoms with E-state index in [9.17, 15) is 13.2 Å². The Morgan fingerprint density at radius 2 is 1.88 bits per heavy atom. The number of likely N-dealkylation sites (N-methyl/N-ethyl adjacent to an activating group) is 1. The minimum atomic E-state index is -3.48. The highest BCUT2D eigenvalue weighted by Crippen LogP contribution is 2.20. The fraction of sp³-hybridized carbons (Fsp3) is 0.588. The van der Waals surface area contributed by atoms with Crippen molar-refractivity contribution in [1.82, 2.24) is 14.5 Å². The number of nitrogens with zero attached hydrogens (tertiary/aromatic N) is 2. The first-order chi connectivity index (χ1) is 11.3. The number of carbonyl (C=O) groups is 1. The topological polar surface area (TPSA) is 69.7 Å². The Morgan fingerprint density at radius 3 is 2.54 bits per heavy atom. The van der Waals surface area contributed by atoms with Crippen LogP contribution >= 0.6 is 0 Å². The van der Waals surface area contributed by atoms with E-state index in [0.717, 1.165) is 24.1 Å². The van der Waals surface area contributed by atoms with Gasteiger partial charge in [0, 0.05) is 26.2 Å². The molecule has 7 heteroatoms. The summed E-state index contributed by atoms with van der Waals surface area (Å²) in [6.07, 6.45) is 0.726. The van der Waals surface area contributed by atoms with Crippen LogP contribution in [0, 0.1) is 13.8 Å². The van der Waals surface area contributed by atoms with E-state index in [-0.39, 0.29) is 5.91 Å². The van der Waals surface area contributed by atoms with Crippen molar-refractivity contribution in [2.45, 2.75) is 32.1 Å². The summed E-state index contributed by atoms with van der Waals surface area (Å²) in [5.74, 6) is -0.0111. The van der Waals surface area contributed by atoms with Crippen LogP contribution in [0.25, 0.3) is 0 Å². The molecular formula is C17H27N3O3S. The molecule has 1 aromatic carbocycles. The lowest BCUT2D eigenvalue weighted by Gasteiger charge is -2.21. The molecule has 0 radical (unpaired) electrons. The van der Waals surface area contributed by atoms with Gasteiger partial charge in [0.1, 0.15) is 0 Å². The molecule has 0 aromatic heterocycles. The maximum Gasteiger partial charge on any atom is 0.243 e. The highest BCUT2D eigenvalue weighted by Gasteiger charge is 2.27. The lowest BCUT2D eigenvalue weighted by Crippen LogP contribution is -2.40. The summed E-state index contributed by atoms with van der Waals surface area (Å²) in [7, 11) is -3.48. The van der Waals surface area contributed by atoms with Crippen LogP contribution in [0.1, 0.15) is 24.5 Å². The molecule has 134 valence electrons. The SMILES string of the molecule is CCNC(=O)CN1CCCN(S(=O)(=O)c2ccc(C)c(C)c2)CC1. The van der Waals surface area contributed by atoms with Crippen molar-refractivity contribution in [2.75, 3.05) is 39.3 Å². The molecule has 24 heavy (non-hydrogen) atoms. The number of hydrogen-bond acceptors (Lipinski definition) is 4. The van der Waals surface area contributed by atoms with Crippen molar-refractivity contribution in [3.63, 3.8) is 0 Å². The van der Waals surface area contributed by atoms with E-state index < -0.39 is 10.0 Å². The third-order valence-electron chi connectivity index (χ3n) is 4.40. The third kappa shape index (κ3) is 4.55. The molecule has 0 spiro atoms. The fourth-order valence-corrected chi connectivity index (χ4v) is 4.38. The van der Waals surface area contributed by atoms with Crippen molar-refractivity contribution < 1.29 is 13.2 Å². The number of benzene rings is 1. The Kier molecular flexibility index (Phi) is 6.37. The monoisotopic (exact) mass is 353 g/mol. The third-order valence-corrected chi connectivity index (χ3v) is 6.30. The summed E-state index contributed by atoms with van der Waals surface area (Å²) in [4.78, 5) is 14.1. The molecule has 1 amide bonds. The van der Waals surface area contributed by atoms with Gasteiger partial charge in [-0.2, -0.15) is 4.31 Å². The van der Waals surface area contributed by atoms with Gasteiger partial charge in [-0.1, -0.05) is 6.07 Å². The van der Waals surface area contributed by atoms with Crippen molar-refractivity contribution in [1.29, 1.82) is 0 Å². The Balaban J connectivity index is 2.06. The van der Waals surface area contributed by atoms with Crippen molar-refractivity contribution in [3.8, 4) is 0 Å². The summed E-state index contributed by atoms with van der Waals surface area (Å²) >= 11 is 0. The maximum atomic E-state index is 12.9. The Morgan fingerprint density at radius 1 is 1.12 bits per heavy atom. The summed E-state index contributed by atoms with van der Waals surface area (Å²) in [5.41, 5.74) is 2.06. The highest BCUT2D eigenvalue weighted by molar-refractivity contribution is 7.89. The fourth-order valence-electron chi connectivity index (χ4n) is 2.83. The minimum absolute atomic E-state index is 0.0111. The summed E-state index contributed by atoms with van der Waals surface area (Å²) in [6.45, 7) is 8.92. The second-order valence-electron chi connectivity index (χ2n) is 6.23. The van der Waals surface area contributed by atoms with E-state index in [1.165, 1.54) is 4.31 Å². The molecule has 0 atom stereocenters. The second kappa shape index (κ2) is 8.09. The zero-order valence-corrected chi connectivity index (χ0v) is 15.5. The van der Waals surface area contributed by atoms with Gasteiger partial charge >= 0.3 is 0 Å². The number of rotatable bonds is 5. The van der Waals surface area contributed by atoms with Gasteiger partial charge in [-0.25, -0.2) is 8.42 Å². The quantitative estimate of drug-likeness (QED) is 0.862. The van der Waals surface area contributed by atoms with E-state index >= 15 is 0 Å². The molecule has 2 rings (SSSR count). The number of sulfonamides is 1. The molecule has 6 nitrogen and oxygen atoms in total. The predicted molar refractivity (Wildman–Crippen MR) is 94.4 cm³/mol. The van der Waals surface area contributed by atoms with Crippen LogP contribution in [0.2, 0.25) is 0 Å². The molecule has 0 saturated carbocycles. The first-order valence-corrected chi connectivity index (χ1v) is 9.85. The van der Waals surface area contributed by atoms with Crippen LogP contribution in [0.15, 0.2) is 23.1 Å². The first-order valence-electron chi connectivity index (χ1n) is 8.41. The zero-order valence-electron chi connectivity index (χ0n) is 14.7. The van der Waals surface area contributed by atoms with Crippen LogP contribution in [-0.4, -0.2) is 62.8 Å². The lowest BCUT2D eigenvalue weighted by molar-refractivity contribution is -0.122. The molecular weight excluding hydrogens is 326 g/mol. The van der Waals surface area contributed by atoms with Gasteiger partial charge in [0.2, 0.25) is 15.9 Å². The lowest BCUT2D eigenvalue weighted by atomic mass is 10.1. The molecule has 0 bridgehead atoms. The minimum Gasteiger partial charge on any atom is -0.355 e. The summed E-state index contributed by atoms with van der Waals surface area (Å²) in [6, 6.07) is 5.26. The molecule has 1 heterocycles. The molecule has 0 unspecified atom stereocenters. The van der Waals surface area contributed by atoms with Gasteiger partial charge in [-0.3, -0.25) is 9.69 Å². The van der Waals surface area contributed by atoms with Crippen LogP contribution < -0.4 is 5.32 Å². The molecule has 1 aliphatic rings. The van der Waals surface area contributed by atoms with E-state index in [1.54, 1.807) is 12.1 Å². The summed E-state index contributed by atoms with van der Waals surface area (Å²) in [5, 5.41) is 2.78. The normalized spacial score (nSPS) is 17.5. The van der Waals surface area contributed by atoms with E-state index in [0.29, 0.717) is 37.6 Å². The van der Waals surface area contributed by atoms with Gasteiger partial charge < -0.3 is 5.32 Å². The average molecular weight is 353 g/mol. The number of nitrogens with one attached hydrogen (secondary N) is 1. The molecule has 1 aliphatic heterocycles. The van der Waals surface area contributed by atoms with E-state index in [2.05, 4.69) is 5.32 Å². The van der Waals surface area contributed by atoms with Gasteiger partial charge in [0.05, 0.1) is 11.4 Å². The van der Waals surface area contributed by atoms with Crippen LogP contribution in [0.5, 0.6) is 0 Å². The standard InChI is InChI=1S/C17H27N3O3S/c1-4-18-17(21)13-19-8-5-9-20(11-10-19)24(22,23)16-7-6-14(2)15(3)12-16/h6-7,12H,4-5,8-11,13H2,1-3H3,(H,18,21). The Labute approximate surface area is 144 Å². The number of aryl methyl sites for hydroxylation is 2. The van der Waals surface area contributed by atoms with Gasteiger partial charge in [0.15, 0.2) is 0 Å². The van der Waals surface area contributed by atoms with Crippen molar-refractivity contribution in [2.24, 2.45) is 0 Å². The van der Waals surface area contributed by atoms with E-state index in [4.69, 9.17) is 0 Å². The van der Waals surface area contributed by atoms with Crippen LogP contribution in [0.4, 0.5) is 0 Å². The van der Waals surface area contributed by atoms with Gasteiger partial charge in [-0.05, 0) is 57.0 Å². The Hall–Kier alpha value is -1.44.